The van der Waals surface area contributed by atoms with Crippen LogP contribution in [0.5, 0.6) is 0 Å². The van der Waals surface area contributed by atoms with E-state index < -0.39 is 23.7 Å². The number of aliphatic hydroxyl groups is 1. The van der Waals surface area contributed by atoms with E-state index in [1.54, 1.807) is 11.8 Å². The number of aliphatic carboxylic acids is 1. The number of aromatic nitrogens is 2. The first kappa shape index (κ1) is 18.6. The van der Waals surface area contributed by atoms with E-state index in [4.69, 9.17) is 16.7 Å². The van der Waals surface area contributed by atoms with Crippen molar-refractivity contribution in [2.24, 2.45) is 17.8 Å². The Kier molecular flexibility index (Phi) is 4.23. The van der Waals surface area contributed by atoms with Crippen LogP contribution in [0.15, 0.2) is 0 Å². The van der Waals surface area contributed by atoms with Crippen LogP contribution in [-0.4, -0.2) is 57.9 Å². The number of rotatable bonds is 5. The smallest absolute Gasteiger partial charge is 0.303 e. The lowest BCUT2D eigenvalue weighted by molar-refractivity contribution is -0.137. The third-order valence-electron chi connectivity index (χ3n) is 6.01. The third kappa shape index (κ3) is 3.10. The molecule has 1 aromatic rings. The van der Waals surface area contributed by atoms with Crippen LogP contribution in [0.2, 0.25) is 5.02 Å². The molecule has 1 aliphatic carbocycles. The summed E-state index contributed by atoms with van der Waals surface area (Å²) < 4.78 is 28.2. The molecule has 1 aromatic heterocycles. The van der Waals surface area contributed by atoms with Crippen molar-refractivity contribution in [3.05, 3.63) is 10.7 Å². The first-order valence-electron chi connectivity index (χ1n) is 8.95. The molecular weight excluding hydrogens is 382 g/mol. The molecule has 1 saturated carbocycles. The fourth-order valence-electron chi connectivity index (χ4n) is 4.23. The first-order chi connectivity index (χ1) is 12.6. The number of carbonyl (C=O) groups is 1. The lowest BCUT2D eigenvalue weighted by Crippen LogP contribution is -2.59. The van der Waals surface area contributed by atoms with Gasteiger partial charge in [-0.05, 0) is 24.7 Å². The predicted octanol–water partition coefficient (Wildman–Crippen LogP) is 1.97. The zero-order chi connectivity index (χ0) is 19.7. The molecule has 10 heteroatoms. The quantitative estimate of drug-likeness (QED) is 0.778. The zero-order valence-corrected chi connectivity index (χ0v) is 15.7. The van der Waals surface area contributed by atoms with Gasteiger partial charge in [0.15, 0.2) is 5.82 Å². The fraction of sp³-hybridized carbons (Fsp3) is 0.706. The van der Waals surface area contributed by atoms with E-state index in [0.717, 1.165) is 6.92 Å². The highest BCUT2D eigenvalue weighted by atomic mass is 35.5. The molecule has 3 heterocycles. The molecule has 0 spiro atoms. The van der Waals surface area contributed by atoms with Crippen molar-refractivity contribution in [2.45, 2.75) is 38.3 Å². The van der Waals surface area contributed by atoms with Gasteiger partial charge in [0.2, 0.25) is 5.95 Å². The number of carboxylic acid groups (broad SMARTS) is 1. The van der Waals surface area contributed by atoms with E-state index in [1.165, 1.54) is 0 Å². The highest BCUT2D eigenvalue weighted by Crippen LogP contribution is 2.55. The monoisotopic (exact) mass is 402 g/mol. The Morgan fingerprint density at radius 1 is 1.30 bits per heavy atom. The zero-order valence-electron chi connectivity index (χ0n) is 14.9. The van der Waals surface area contributed by atoms with Gasteiger partial charge in [-0.1, -0.05) is 11.6 Å². The molecule has 2 aliphatic heterocycles. The number of carboxylic acids is 1. The molecule has 0 radical (unpaired) electrons. The van der Waals surface area contributed by atoms with Crippen molar-refractivity contribution in [1.29, 1.82) is 0 Å². The Bertz CT molecular complexity index is 778. The topological polar surface area (TPSA) is 89.8 Å². The van der Waals surface area contributed by atoms with Crippen molar-refractivity contribution in [3.8, 4) is 0 Å². The van der Waals surface area contributed by atoms with E-state index >= 15 is 0 Å². The highest BCUT2D eigenvalue weighted by molar-refractivity contribution is 6.33. The van der Waals surface area contributed by atoms with Crippen molar-refractivity contribution in [3.63, 3.8) is 0 Å². The fourth-order valence-corrected chi connectivity index (χ4v) is 4.60. The molecule has 0 bridgehead atoms. The van der Waals surface area contributed by atoms with Gasteiger partial charge in [-0.3, -0.25) is 4.79 Å². The van der Waals surface area contributed by atoms with Crippen LogP contribution in [0.4, 0.5) is 20.5 Å². The molecule has 2 saturated heterocycles. The average molecular weight is 403 g/mol. The Morgan fingerprint density at radius 2 is 1.93 bits per heavy atom. The maximum absolute atomic E-state index is 14.1. The van der Waals surface area contributed by atoms with Crippen LogP contribution in [0.25, 0.3) is 0 Å². The van der Waals surface area contributed by atoms with Gasteiger partial charge >= 0.3 is 5.97 Å². The minimum Gasteiger partial charge on any atom is -0.481 e. The summed E-state index contributed by atoms with van der Waals surface area (Å²) in [6, 6.07) is -0.260. The summed E-state index contributed by atoms with van der Waals surface area (Å²) in [6.45, 7) is 3.89. The SMILES string of the molecule is C[C@H]1[C@H](O)CN1c1nc(N2C[C@@H]3C(CC(=O)O)[C@@H]3C2)c(Cl)c(C(C)(F)F)n1. The van der Waals surface area contributed by atoms with Gasteiger partial charge in [0.25, 0.3) is 5.92 Å². The number of hydrogen-bond acceptors (Lipinski definition) is 6. The summed E-state index contributed by atoms with van der Waals surface area (Å²) >= 11 is 6.25. The van der Waals surface area contributed by atoms with Crippen LogP contribution < -0.4 is 9.80 Å². The van der Waals surface area contributed by atoms with Crippen LogP contribution >= 0.6 is 11.6 Å². The second-order valence-electron chi connectivity index (χ2n) is 7.85. The molecule has 2 N–H and O–H groups in total. The summed E-state index contributed by atoms with van der Waals surface area (Å²) in [5, 5.41) is 18.5. The van der Waals surface area contributed by atoms with Crippen LogP contribution in [-0.2, 0) is 10.7 Å². The van der Waals surface area contributed by atoms with Crippen LogP contribution in [0, 0.1) is 17.8 Å². The Hall–Kier alpha value is -1.74. The summed E-state index contributed by atoms with van der Waals surface area (Å²) in [5.41, 5.74) is -0.527. The Balaban J connectivity index is 1.62. The molecular formula is C17H21ClF2N4O3. The summed E-state index contributed by atoms with van der Waals surface area (Å²) in [6.07, 6.45) is -0.414. The number of nitrogens with zero attached hydrogens (tertiary/aromatic N) is 4. The van der Waals surface area contributed by atoms with Crippen molar-refractivity contribution in [1.82, 2.24) is 9.97 Å². The number of β-amino-alcohol motifs (C(OH)–C–C–N with tert-alkyl or cyclic N) is 1. The van der Waals surface area contributed by atoms with Gasteiger partial charge in [-0.2, -0.15) is 13.8 Å². The Morgan fingerprint density at radius 3 is 2.41 bits per heavy atom. The van der Waals surface area contributed by atoms with Gasteiger partial charge in [0.1, 0.15) is 10.7 Å². The van der Waals surface area contributed by atoms with E-state index in [2.05, 4.69) is 9.97 Å². The van der Waals surface area contributed by atoms with Crippen molar-refractivity contribution in [2.75, 3.05) is 29.4 Å². The normalized spacial score (nSPS) is 32.3. The molecule has 27 heavy (non-hydrogen) atoms. The molecule has 3 aliphatic rings. The standard InChI is InChI=1S/C17H21ClF2N4O3/c1-7-11(25)6-24(7)16-21-14(17(2,19)20)13(18)15(22-16)23-4-9-8(3-12(26)27)10(9)5-23/h7-11,25H,3-6H2,1-2H3,(H,26,27)/t7-,8?,9-,10+,11+/m0/s1. The van der Waals surface area contributed by atoms with Gasteiger partial charge in [0.05, 0.1) is 12.1 Å². The van der Waals surface area contributed by atoms with Gasteiger partial charge in [0, 0.05) is 33.0 Å². The van der Waals surface area contributed by atoms with Gasteiger partial charge in [-0.25, -0.2) is 4.98 Å². The molecule has 7 nitrogen and oxygen atoms in total. The molecule has 148 valence electrons. The number of fused-ring (bicyclic) bond motifs is 1. The number of piperidine rings is 1. The predicted molar refractivity (Wildman–Crippen MR) is 94.4 cm³/mol. The third-order valence-corrected chi connectivity index (χ3v) is 6.36. The second-order valence-corrected chi connectivity index (χ2v) is 8.23. The molecule has 4 rings (SSSR count). The molecule has 3 fully saturated rings. The minimum atomic E-state index is -3.23. The van der Waals surface area contributed by atoms with Crippen LogP contribution in [0.1, 0.15) is 26.0 Å². The maximum Gasteiger partial charge on any atom is 0.303 e. The number of hydrogen-bond donors (Lipinski definition) is 2. The van der Waals surface area contributed by atoms with Gasteiger partial charge in [-0.15, -0.1) is 0 Å². The molecule has 0 amide bonds. The first-order valence-corrected chi connectivity index (χ1v) is 9.33. The van der Waals surface area contributed by atoms with E-state index in [0.29, 0.717) is 13.1 Å². The van der Waals surface area contributed by atoms with E-state index in [9.17, 15) is 18.7 Å². The summed E-state index contributed by atoms with van der Waals surface area (Å²) in [4.78, 5) is 22.8. The summed E-state index contributed by atoms with van der Waals surface area (Å²) in [5.74, 6) is -3.07. The second kappa shape index (κ2) is 6.13. The lowest BCUT2D eigenvalue weighted by Gasteiger charge is -2.43. The number of aliphatic hydroxyl groups excluding tert-OH is 1. The number of alkyl halides is 2. The van der Waals surface area contributed by atoms with E-state index in [-0.39, 0.29) is 53.5 Å². The van der Waals surface area contributed by atoms with Crippen molar-refractivity contribution < 1.29 is 23.8 Å². The lowest BCUT2D eigenvalue weighted by atomic mass is 10.0. The molecule has 5 atom stereocenters. The molecule has 0 aromatic carbocycles. The average Bonchev–Trinajstić information content (AvgIpc) is 3.02. The molecule has 1 unspecified atom stereocenters. The highest BCUT2D eigenvalue weighted by Gasteiger charge is 2.56. The number of anilines is 2. The van der Waals surface area contributed by atoms with Gasteiger partial charge < -0.3 is 20.0 Å². The van der Waals surface area contributed by atoms with Crippen molar-refractivity contribution >= 4 is 29.3 Å². The van der Waals surface area contributed by atoms with Crippen LogP contribution in [0.3, 0.4) is 0 Å². The minimum absolute atomic E-state index is 0.131. The maximum atomic E-state index is 14.1. The van der Waals surface area contributed by atoms with E-state index in [1.807, 2.05) is 4.90 Å². The Labute approximate surface area is 160 Å². The number of halogens is 3. The summed E-state index contributed by atoms with van der Waals surface area (Å²) in [7, 11) is 0. The largest absolute Gasteiger partial charge is 0.481 e.